The number of hydrogen-bond donors (Lipinski definition) is 0. The number of piperazine rings is 1. The van der Waals surface area contributed by atoms with Crippen LogP contribution in [-0.2, 0) is 20.7 Å². The molecule has 1 saturated carbocycles. The Bertz CT molecular complexity index is 903. The third-order valence-corrected chi connectivity index (χ3v) is 6.00. The van der Waals surface area contributed by atoms with Gasteiger partial charge < -0.3 is 14.5 Å². The number of carbonyl (C=O) groups is 2. The second kappa shape index (κ2) is 7.33. The fourth-order valence-corrected chi connectivity index (χ4v) is 4.19. The van der Waals surface area contributed by atoms with Gasteiger partial charge in [0.05, 0.1) is 12.3 Å². The topological polar surface area (TPSA) is 74.6 Å². The van der Waals surface area contributed by atoms with Gasteiger partial charge >= 0.3 is 0 Å². The molecule has 0 radical (unpaired) electrons. The van der Waals surface area contributed by atoms with Crippen LogP contribution in [0.3, 0.4) is 0 Å². The highest BCUT2D eigenvalue weighted by Gasteiger charge is 2.40. The van der Waals surface area contributed by atoms with Crippen LogP contribution < -0.4 is 0 Å². The van der Waals surface area contributed by atoms with Gasteiger partial charge in [-0.15, -0.1) is 0 Å². The van der Waals surface area contributed by atoms with E-state index in [2.05, 4.69) is 9.98 Å². The summed E-state index contributed by atoms with van der Waals surface area (Å²) in [5.74, 6) is -0.435. The molecule has 29 heavy (non-hydrogen) atoms. The van der Waals surface area contributed by atoms with E-state index >= 15 is 0 Å². The third-order valence-electron chi connectivity index (χ3n) is 6.00. The molecule has 2 unspecified atom stereocenters. The Morgan fingerprint density at radius 2 is 1.86 bits per heavy atom. The van der Waals surface area contributed by atoms with Crippen LogP contribution >= 0.6 is 0 Å². The standard InChI is InChI=1S/C21H23FN4O3/c22-16-17(14-5-6-14)23-21(24-19(16)27)26-10-8-25(9-11-26)20(28)18-15-4-2-1-3-13(15)7-12-29-18/h1-4,14,16,18H,5-12H2. The number of fused-ring (bicyclic) bond motifs is 1. The average molecular weight is 398 g/mol. The van der Waals surface area contributed by atoms with Gasteiger partial charge in [0, 0.05) is 32.1 Å². The Kier molecular flexibility index (Phi) is 4.66. The van der Waals surface area contributed by atoms with Crippen molar-refractivity contribution < 1.29 is 18.7 Å². The zero-order valence-corrected chi connectivity index (χ0v) is 16.1. The quantitative estimate of drug-likeness (QED) is 0.757. The summed E-state index contributed by atoms with van der Waals surface area (Å²) in [5, 5.41) is 0. The fraction of sp³-hybridized carbons (Fsp3) is 0.524. The number of guanidine groups is 1. The molecule has 0 N–H and O–H groups in total. The van der Waals surface area contributed by atoms with E-state index in [1.807, 2.05) is 29.2 Å². The first kappa shape index (κ1) is 18.4. The van der Waals surface area contributed by atoms with Gasteiger partial charge in [-0.3, -0.25) is 9.59 Å². The average Bonchev–Trinajstić information content (AvgIpc) is 3.60. The van der Waals surface area contributed by atoms with E-state index in [1.165, 1.54) is 0 Å². The molecule has 3 aliphatic heterocycles. The minimum atomic E-state index is -1.70. The number of alkyl halides is 1. The van der Waals surface area contributed by atoms with E-state index in [4.69, 9.17) is 4.74 Å². The zero-order chi connectivity index (χ0) is 20.0. The smallest absolute Gasteiger partial charge is 0.289 e. The SMILES string of the molecule is O=C1N=C(N2CCN(C(=O)C3OCCc4ccccc43)CC2)N=C(C2CC2)C1F. The number of rotatable bonds is 2. The van der Waals surface area contributed by atoms with Crippen molar-refractivity contribution >= 4 is 23.5 Å². The Labute approximate surface area is 168 Å². The highest BCUT2D eigenvalue weighted by Crippen LogP contribution is 2.34. The molecule has 4 aliphatic rings. The van der Waals surface area contributed by atoms with Gasteiger partial charge in [-0.05, 0) is 30.4 Å². The van der Waals surface area contributed by atoms with Gasteiger partial charge in [-0.2, -0.15) is 4.99 Å². The highest BCUT2D eigenvalue weighted by atomic mass is 19.1. The van der Waals surface area contributed by atoms with Crippen molar-refractivity contribution in [3.8, 4) is 0 Å². The molecule has 3 heterocycles. The number of hydrogen-bond acceptors (Lipinski definition) is 5. The first-order valence-corrected chi connectivity index (χ1v) is 10.2. The Hall–Kier alpha value is -2.61. The van der Waals surface area contributed by atoms with Crippen LogP contribution in [0.2, 0.25) is 0 Å². The molecule has 2 amide bonds. The van der Waals surface area contributed by atoms with Crippen LogP contribution in [0.25, 0.3) is 0 Å². The maximum absolute atomic E-state index is 14.1. The van der Waals surface area contributed by atoms with Crippen molar-refractivity contribution in [1.82, 2.24) is 9.80 Å². The Morgan fingerprint density at radius 1 is 1.10 bits per heavy atom. The molecule has 2 fully saturated rings. The lowest BCUT2D eigenvalue weighted by Gasteiger charge is -2.38. The third kappa shape index (κ3) is 3.46. The van der Waals surface area contributed by atoms with Crippen LogP contribution in [-0.4, -0.2) is 72.2 Å². The minimum absolute atomic E-state index is 0.0375. The van der Waals surface area contributed by atoms with E-state index in [1.54, 1.807) is 4.90 Å². The minimum Gasteiger partial charge on any atom is -0.363 e. The summed E-state index contributed by atoms with van der Waals surface area (Å²) in [5.41, 5.74) is 2.43. The summed E-state index contributed by atoms with van der Waals surface area (Å²) >= 11 is 0. The largest absolute Gasteiger partial charge is 0.363 e. The predicted molar refractivity (Wildman–Crippen MR) is 104 cm³/mol. The molecule has 2 atom stereocenters. The number of carbonyl (C=O) groups excluding carboxylic acids is 2. The number of aliphatic imine (C=N–C) groups is 2. The summed E-state index contributed by atoms with van der Waals surface area (Å²) in [6.07, 6.45) is 0.318. The summed E-state index contributed by atoms with van der Waals surface area (Å²) in [6.45, 7) is 2.52. The first-order valence-electron chi connectivity index (χ1n) is 10.2. The summed E-state index contributed by atoms with van der Waals surface area (Å²) < 4.78 is 19.9. The normalized spacial score (nSPS) is 27.3. The predicted octanol–water partition coefficient (Wildman–Crippen LogP) is 1.53. The number of nitrogens with zero attached hydrogens (tertiary/aromatic N) is 4. The van der Waals surface area contributed by atoms with Crippen LogP contribution in [0.1, 0.15) is 30.1 Å². The molecule has 5 rings (SSSR count). The van der Waals surface area contributed by atoms with Crippen LogP contribution in [0.5, 0.6) is 0 Å². The second-order valence-corrected chi connectivity index (χ2v) is 7.94. The van der Waals surface area contributed by atoms with Crippen molar-refractivity contribution in [3.05, 3.63) is 35.4 Å². The van der Waals surface area contributed by atoms with Gasteiger partial charge in [0.2, 0.25) is 12.1 Å². The molecule has 1 saturated heterocycles. The Morgan fingerprint density at radius 3 is 2.62 bits per heavy atom. The first-order chi connectivity index (χ1) is 14.1. The highest BCUT2D eigenvalue weighted by molar-refractivity contribution is 6.18. The fourth-order valence-electron chi connectivity index (χ4n) is 4.19. The van der Waals surface area contributed by atoms with Crippen LogP contribution in [0.15, 0.2) is 34.3 Å². The lowest BCUT2D eigenvalue weighted by molar-refractivity contribution is -0.146. The van der Waals surface area contributed by atoms with Gasteiger partial charge in [-0.1, -0.05) is 24.3 Å². The van der Waals surface area contributed by atoms with E-state index < -0.39 is 18.2 Å². The molecular weight excluding hydrogens is 375 g/mol. The van der Waals surface area contributed by atoms with E-state index in [-0.39, 0.29) is 17.8 Å². The van der Waals surface area contributed by atoms with Gasteiger partial charge in [0.15, 0.2) is 6.10 Å². The van der Waals surface area contributed by atoms with Gasteiger partial charge in [-0.25, -0.2) is 9.38 Å². The molecule has 152 valence electrons. The van der Waals surface area contributed by atoms with E-state index in [0.29, 0.717) is 38.5 Å². The molecule has 7 nitrogen and oxygen atoms in total. The van der Waals surface area contributed by atoms with Gasteiger partial charge in [0.25, 0.3) is 11.8 Å². The zero-order valence-electron chi connectivity index (χ0n) is 16.1. The van der Waals surface area contributed by atoms with Crippen molar-refractivity contribution in [2.45, 2.75) is 31.5 Å². The van der Waals surface area contributed by atoms with Crippen LogP contribution in [0.4, 0.5) is 4.39 Å². The number of halogens is 1. The molecule has 8 heteroatoms. The molecule has 1 aromatic rings. The Balaban J connectivity index is 1.26. The van der Waals surface area contributed by atoms with Crippen molar-refractivity contribution in [2.24, 2.45) is 15.9 Å². The molecule has 1 aromatic carbocycles. The number of benzene rings is 1. The number of amides is 2. The molecule has 0 spiro atoms. The van der Waals surface area contributed by atoms with Crippen molar-refractivity contribution in [3.63, 3.8) is 0 Å². The second-order valence-electron chi connectivity index (χ2n) is 7.94. The van der Waals surface area contributed by atoms with E-state index in [0.717, 1.165) is 30.4 Å². The van der Waals surface area contributed by atoms with E-state index in [9.17, 15) is 14.0 Å². The molecule has 1 aliphatic carbocycles. The summed E-state index contributed by atoms with van der Waals surface area (Å²) in [7, 11) is 0. The lowest BCUT2D eigenvalue weighted by atomic mass is 9.96. The maximum Gasteiger partial charge on any atom is 0.289 e. The summed E-state index contributed by atoms with van der Waals surface area (Å²) in [4.78, 5) is 36.9. The molecule has 0 aromatic heterocycles. The summed E-state index contributed by atoms with van der Waals surface area (Å²) in [6, 6.07) is 7.91. The van der Waals surface area contributed by atoms with Gasteiger partial charge in [0.1, 0.15) is 0 Å². The maximum atomic E-state index is 14.1. The molecule has 0 bridgehead atoms. The molecular formula is C21H23FN4O3. The van der Waals surface area contributed by atoms with Crippen molar-refractivity contribution in [1.29, 1.82) is 0 Å². The lowest BCUT2D eigenvalue weighted by Crippen LogP contribution is -2.53. The van der Waals surface area contributed by atoms with Crippen molar-refractivity contribution in [2.75, 3.05) is 32.8 Å². The number of ether oxygens (including phenoxy) is 1. The monoisotopic (exact) mass is 398 g/mol. The van der Waals surface area contributed by atoms with Crippen LogP contribution in [0, 0.1) is 5.92 Å².